The molecule has 8 heteroatoms. The molecule has 108 valence electrons. The molecule has 20 heavy (non-hydrogen) atoms. The summed E-state index contributed by atoms with van der Waals surface area (Å²) in [6.07, 6.45) is 0. The molecule has 8 nitrogen and oxygen atoms in total. The third-order valence-electron chi connectivity index (χ3n) is 3.49. The van der Waals surface area contributed by atoms with Gasteiger partial charge in [-0.1, -0.05) is 0 Å². The largest absolute Gasteiger partial charge is 0.314 e. The van der Waals surface area contributed by atoms with Crippen molar-refractivity contribution >= 4 is 11.4 Å². The zero-order valence-corrected chi connectivity index (χ0v) is 11.1. The lowest BCUT2D eigenvalue weighted by molar-refractivity contribution is -0.394. The first-order valence-corrected chi connectivity index (χ1v) is 6.35. The normalized spacial score (nSPS) is 19.8. The number of nitrogens with zero attached hydrogens (tertiary/aromatic N) is 3. The minimum atomic E-state index is -0.621. The molecule has 0 aliphatic carbocycles. The average molecular weight is 280 g/mol. The van der Waals surface area contributed by atoms with Crippen LogP contribution in [0.1, 0.15) is 12.5 Å². The van der Waals surface area contributed by atoms with E-state index in [1.807, 2.05) is 6.92 Å². The van der Waals surface area contributed by atoms with Crippen LogP contribution in [-0.4, -0.2) is 40.4 Å². The van der Waals surface area contributed by atoms with Gasteiger partial charge in [0, 0.05) is 43.9 Å². The van der Waals surface area contributed by atoms with Crippen LogP contribution in [0.25, 0.3) is 0 Å². The minimum Gasteiger partial charge on any atom is -0.314 e. The Bertz CT molecular complexity index is 534. The van der Waals surface area contributed by atoms with Gasteiger partial charge in [0.1, 0.15) is 0 Å². The van der Waals surface area contributed by atoms with Crippen molar-refractivity contribution in [3.8, 4) is 0 Å². The van der Waals surface area contributed by atoms with Crippen molar-refractivity contribution in [2.75, 3.05) is 19.6 Å². The Kier molecular flexibility index (Phi) is 4.26. The van der Waals surface area contributed by atoms with E-state index in [1.165, 1.54) is 12.1 Å². The van der Waals surface area contributed by atoms with E-state index in [9.17, 15) is 20.2 Å². The molecule has 1 atom stereocenters. The van der Waals surface area contributed by atoms with Gasteiger partial charge in [0.05, 0.1) is 15.9 Å². The summed E-state index contributed by atoms with van der Waals surface area (Å²) in [4.78, 5) is 22.7. The first-order valence-electron chi connectivity index (χ1n) is 6.35. The van der Waals surface area contributed by atoms with Crippen LogP contribution in [0.2, 0.25) is 0 Å². The Morgan fingerprint density at radius 1 is 1.35 bits per heavy atom. The highest BCUT2D eigenvalue weighted by Crippen LogP contribution is 2.26. The van der Waals surface area contributed by atoms with Gasteiger partial charge in [-0.05, 0) is 13.0 Å². The highest BCUT2D eigenvalue weighted by molar-refractivity contribution is 5.49. The van der Waals surface area contributed by atoms with E-state index < -0.39 is 9.85 Å². The Morgan fingerprint density at radius 3 is 2.70 bits per heavy atom. The maximum Gasteiger partial charge on any atom is 0.280 e. The number of nitro benzene ring substituents is 2. The van der Waals surface area contributed by atoms with Gasteiger partial charge in [0.2, 0.25) is 0 Å². The van der Waals surface area contributed by atoms with Crippen molar-refractivity contribution in [2.24, 2.45) is 0 Å². The molecule has 0 bridgehead atoms. The smallest absolute Gasteiger partial charge is 0.280 e. The van der Waals surface area contributed by atoms with E-state index >= 15 is 0 Å². The van der Waals surface area contributed by atoms with Crippen LogP contribution in [0, 0.1) is 20.2 Å². The number of non-ortho nitro benzene ring substituents is 1. The predicted molar refractivity (Wildman–Crippen MR) is 72.5 cm³/mol. The SMILES string of the molecule is CC1CNCCN1Cc1ccc([N+](=O)[O-])cc1[N+](=O)[O-]. The van der Waals surface area contributed by atoms with E-state index in [-0.39, 0.29) is 17.4 Å². The van der Waals surface area contributed by atoms with Crippen molar-refractivity contribution < 1.29 is 9.85 Å². The third kappa shape index (κ3) is 3.09. The highest BCUT2D eigenvalue weighted by atomic mass is 16.6. The summed E-state index contributed by atoms with van der Waals surface area (Å²) in [6.45, 7) is 4.95. The van der Waals surface area contributed by atoms with Gasteiger partial charge in [-0.3, -0.25) is 25.1 Å². The third-order valence-corrected chi connectivity index (χ3v) is 3.49. The van der Waals surface area contributed by atoms with E-state index in [2.05, 4.69) is 10.2 Å². The number of benzene rings is 1. The van der Waals surface area contributed by atoms with E-state index in [4.69, 9.17) is 0 Å². The number of hydrogen-bond donors (Lipinski definition) is 1. The van der Waals surface area contributed by atoms with Gasteiger partial charge in [0.15, 0.2) is 0 Å². The van der Waals surface area contributed by atoms with Crippen molar-refractivity contribution in [1.29, 1.82) is 0 Å². The van der Waals surface area contributed by atoms with E-state index in [0.29, 0.717) is 12.1 Å². The molecular weight excluding hydrogens is 264 g/mol. The molecule has 0 saturated carbocycles. The van der Waals surface area contributed by atoms with E-state index in [1.54, 1.807) is 0 Å². The summed E-state index contributed by atoms with van der Waals surface area (Å²) >= 11 is 0. The molecule has 1 unspecified atom stereocenters. The Balaban J connectivity index is 2.26. The summed E-state index contributed by atoms with van der Waals surface area (Å²) in [5.41, 5.74) is 0.0630. The number of hydrogen-bond acceptors (Lipinski definition) is 6. The van der Waals surface area contributed by atoms with Gasteiger partial charge in [-0.25, -0.2) is 0 Å². The standard InChI is InChI=1S/C12H16N4O4/c1-9-7-13-4-5-14(9)8-10-2-3-11(15(17)18)6-12(10)16(19)20/h2-3,6,9,13H,4-5,7-8H2,1H3. The lowest BCUT2D eigenvalue weighted by Crippen LogP contribution is -2.49. The minimum absolute atomic E-state index is 0.190. The van der Waals surface area contributed by atoms with Gasteiger partial charge in [0.25, 0.3) is 11.4 Å². The highest BCUT2D eigenvalue weighted by Gasteiger charge is 2.24. The monoisotopic (exact) mass is 280 g/mol. The summed E-state index contributed by atoms with van der Waals surface area (Å²) < 4.78 is 0. The summed E-state index contributed by atoms with van der Waals surface area (Å²) in [5.74, 6) is 0. The Hall–Kier alpha value is -2.06. The molecule has 0 aromatic heterocycles. The molecule has 0 radical (unpaired) electrons. The topological polar surface area (TPSA) is 102 Å². The Morgan fingerprint density at radius 2 is 2.10 bits per heavy atom. The fourth-order valence-corrected chi connectivity index (χ4v) is 2.31. The zero-order valence-electron chi connectivity index (χ0n) is 11.1. The molecular formula is C12H16N4O4. The molecule has 1 heterocycles. The molecule has 2 rings (SSSR count). The predicted octanol–water partition coefficient (Wildman–Crippen LogP) is 1.30. The zero-order chi connectivity index (χ0) is 14.7. The first kappa shape index (κ1) is 14.4. The second kappa shape index (κ2) is 5.93. The van der Waals surface area contributed by atoms with Gasteiger partial charge >= 0.3 is 0 Å². The summed E-state index contributed by atoms with van der Waals surface area (Å²) in [5, 5.41) is 25.0. The van der Waals surface area contributed by atoms with Crippen LogP contribution < -0.4 is 5.32 Å². The molecule has 0 spiro atoms. The number of nitro groups is 2. The number of piperazine rings is 1. The summed E-state index contributed by atoms with van der Waals surface area (Å²) in [6, 6.07) is 4.10. The van der Waals surface area contributed by atoms with Crippen LogP contribution in [0.15, 0.2) is 18.2 Å². The maximum atomic E-state index is 11.1. The van der Waals surface area contributed by atoms with Crippen molar-refractivity contribution in [3.63, 3.8) is 0 Å². The second-order valence-corrected chi connectivity index (χ2v) is 4.85. The van der Waals surface area contributed by atoms with Crippen molar-refractivity contribution in [3.05, 3.63) is 44.0 Å². The molecule has 1 fully saturated rings. The molecule has 1 saturated heterocycles. The molecule has 0 amide bonds. The molecule has 1 aromatic rings. The van der Waals surface area contributed by atoms with Crippen LogP contribution in [0.3, 0.4) is 0 Å². The number of rotatable bonds is 4. The molecule has 1 aliphatic rings. The van der Waals surface area contributed by atoms with Crippen LogP contribution in [0.4, 0.5) is 11.4 Å². The Labute approximate surface area is 115 Å². The molecule has 1 aliphatic heterocycles. The van der Waals surface area contributed by atoms with Crippen LogP contribution >= 0.6 is 0 Å². The lowest BCUT2D eigenvalue weighted by atomic mass is 10.1. The average Bonchev–Trinajstić information content (AvgIpc) is 2.41. The number of nitrogens with one attached hydrogen (secondary N) is 1. The van der Waals surface area contributed by atoms with Crippen molar-refractivity contribution in [2.45, 2.75) is 19.5 Å². The maximum absolute atomic E-state index is 11.1. The summed E-state index contributed by atoms with van der Waals surface area (Å²) in [7, 11) is 0. The first-order chi connectivity index (χ1) is 9.49. The molecule has 1 aromatic carbocycles. The fraction of sp³-hybridized carbons (Fsp3) is 0.500. The van der Waals surface area contributed by atoms with Gasteiger partial charge < -0.3 is 5.32 Å². The molecule has 1 N–H and O–H groups in total. The quantitative estimate of drug-likeness (QED) is 0.658. The van der Waals surface area contributed by atoms with Gasteiger partial charge in [-0.2, -0.15) is 0 Å². The lowest BCUT2D eigenvalue weighted by Gasteiger charge is -2.33. The van der Waals surface area contributed by atoms with Gasteiger partial charge in [-0.15, -0.1) is 0 Å². The fourth-order valence-electron chi connectivity index (χ4n) is 2.31. The second-order valence-electron chi connectivity index (χ2n) is 4.85. The van der Waals surface area contributed by atoms with Crippen molar-refractivity contribution in [1.82, 2.24) is 10.2 Å². The van der Waals surface area contributed by atoms with E-state index in [0.717, 1.165) is 25.7 Å². The van der Waals surface area contributed by atoms with Crippen LogP contribution in [-0.2, 0) is 6.54 Å². The van der Waals surface area contributed by atoms with Crippen LogP contribution in [0.5, 0.6) is 0 Å².